The number of esters is 1. The zero-order valence-electron chi connectivity index (χ0n) is 20.2. The molecule has 4 aromatic rings. The van der Waals surface area contributed by atoms with E-state index in [1.807, 2.05) is 0 Å². The normalized spacial score (nSPS) is 11.6. The number of methoxy groups -OCH3 is 1. The summed E-state index contributed by atoms with van der Waals surface area (Å²) in [7, 11) is -3.13. The molecule has 0 spiro atoms. The van der Waals surface area contributed by atoms with E-state index in [4.69, 9.17) is 15.2 Å². The molecule has 0 aliphatic rings. The van der Waals surface area contributed by atoms with Crippen molar-refractivity contribution in [2.75, 3.05) is 24.2 Å². The quantitative estimate of drug-likeness (QED) is 0.246. The number of pyridine rings is 2. The summed E-state index contributed by atoms with van der Waals surface area (Å²) in [6.07, 6.45) is 4.23. The fraction of sp³-hybridized carbons (Fsp3) is 0.115. The van der Waals surface area contributed by atoms with E-state index in [-0.39, 0.29) is 24.0 Å². The number of nitrogen functional groups attached to an aromatic ring is 1. The lowest BCUT2D eigenvalue weighted by Gasteiger charge is -2.13. The lowest BCUT2D eigenvalue weighted by molar-refractivity contribution is -0.137. The van der Waals surface area contributed by atoms with Crippen molar-refractivity contribution in [2.24, 2.45) is 0 Å². The number of halogens is 2. The van der Waals surface area contributed by atoms with Crippen LogP contribution >= 0.6 is 0 Å². The second kappa shape index (κ2) is 10.8. The van der Waals surface area contributed by atoms with Crippen molar-refractivity contribution in [1.82, 2.24) is 9.97 Å². The first-order valence-corrected chi connectivity index (χ1v) is 12.7. The minimum absolute atomic E-state index is 0.0534. The molecule has 0 fully saturated rings. The Morgan fingerprint density at radius 3 is 2.61 bits per heavy atom. The van der Waals surface area contributed by atoms with Crippen molar-refractivity contribution < 1.29 is 31.5 Å². The Morgan fingerprint density at radius 2 is 1.89 bits per heavy atom. The van der Waals surface area contributed by atoms with Crippen LogP contribution in [-0.4, -0.2) is 38.1 Å². The predicted octanol–water partition coefficient (Wildman–Crippen LogP) is 4.54. The second-order valence-corrected chi connectivity index (χ2v) is 9.57. The molecule has 0 unspecified atom stereocenters. The Hall–Kier alpha value is -4.58. The highest BCUT2D eigenvalue weighted by molar-refractivity contribution is 7.92. The maximum Gasteiger partial charge on any atom is 0.330 e. The third kappa shape index (κ3) is 5.70. The van der Waals surface area contributed by atoms with Gasteiger partial charge < -0.3 is 15.2 Å². The second-order valence-electron chi connectivity index (χ2n) is 7.92. The van der Waals surface area contributed by atoms with E-state index in [2.05, 4.69) is 14.7 Å². The van der Waals surface area contributed by atoms with Crippen LogP contribution in [0, 0.1) is 11.6 Å². The fourth-order valence-electron chi connectivity index (χ4n) is 3.61. The molecule has 2 aromatic heterocycles. The van der Waals surface area contributed by atoms with E-state index < -0.39 is 32.5 Å². The first-order valence-electron chi connectivity index (χ1n) is 11.2. The van der Waals surface area contributed by atoms with Crippen LogP contribution in [0.4, 0.5) is 20.3 Å². The highest BCUT2D eigenvalue weighted by Gasteiger charge is 2.22. The Kier molecular flexibility index (Phi) is 7.53. The number of aromatic nitrogens is 2. The first kappa shape index (κ1) is 26.5. The molecule has 0 aliphatic heterocycles. The van der Waals surface area contributed by atoms with Crippen molar-refractivity contribution in [3.63, 3.8) is 0 Å². The topological polar surface area (TPSA) is 134 Å². The van der Waals surface area contributed by atoms with Gasteiger partial charge in [0.1, 0.15) is 28.0 Å². The highest BCUT2D eigenvalue weighted by atomic mass is 32.2. The van der Waals surface area contributed by atoms with Crippen molar-refractivity contribution in [2.45, 2.75) is 11.8 Å². The minimum atomic E-state index is -4.44. The van der Waals surface area contributed by atoms with Crippen LogP contribution in [0.15, 0.2) is 65.7 Å². The predicted molar refractivity (Wildman–Crippen MR) is 139 cm³/mol. The number of benzene rings is 2. The average Bonchev–Trinajstić information content (AvgIpc) is 2.87. The number of nitrogens with two attached hydrogens (primary N) is 1. The van der Waals surface area contributed by atoms with Gasteiger partial charge in [-0.1, -0.05) is 6.07 Å². The summed E-state index contributed by atoms with van der Waals surface area (Å²) in [5.41, 5.74) is 8.22. The molecule has 0 bridgehead atoms. The molecule has 0 atom stereocenters. The van der Waals surface area contributed by atoms with Crippen molar-refractivity contribution in [1.29, 1.82) is 0 Å². The highest BCUT2D eigenvalue weighted by Crippen LogP contribution is 2.32. The number of carbonyl (C=O) groups excluding carboxylic acids is 1. The third-order valence-corrected chi connectivity index (χ3v) is 6.77. The van der Waals surface area contributed by atoms with Crippen LogP contribution in [0.3, 0.4) is 0 Å². The SMILES string of the molecule is CCOC(=O)C=Cc1cc2cc(-c3cnc(OC)c(NS(=O)(=O)c4ccc(F)cc4F)c3)ccc2nc1N. The Balaban J connectivity index is 1.71. The number of nitrogens with zero attached hydrogens (tertiary/aromatic N) is 2. The van der Waals surface area contributed by atoms with Gasteiger partial charge in [0, 0.05) is 34.9 Å². The third-order valence-electron chi connectivity index (χ3n) is 5.37. The maximum absolute atomic E-state index is 14.2. The molecule has 3 N–H and O–H groups in total. The molecule has 0 saturated heterocycles. The van der Waals surface area contributed by atoms with Gasteiger partial charge in [0.2, 0.25) is 5.88 Å². The molecule has 0 radical (unpaired) electrons. The number of anilines is 2. The van der Waals surface area contributed by atoms with E-state index in [0.29, 0.717) is 33.7 Å². The molecule has 4 rings (SSSR count). The zero-order valence-corrected chi connectivity index (χ0v) is 21.1. The van der Waals surface area contributed by atoms with Crippen LogP contribution in [0.25, 0.3) is 28.1 Å². The average molecular weight is 541 g/mol. The largest absolute Gasteiger partial charge is 0.480 e. The van der Waals surface area contributed by atoms with E-state index in [1.165, 1.54) is 31.5 Å². The monoisotopic (exact) mass is 540 g/mol. The van der Waals surface area contributed by atoms with E-state index in [0.717, 1.165) is 12.1 Å². The van der Waals surface area contributed by atoms with Gasteiger partial charge in [0.15, 0.2) is 0 Å². The first-order chi connectivity index (χ1) is 18.1. The van der Waals surface area contributed by atoms with Gasteiger partial charge in [-0.05, 0) is 55.0 Å². The fourth-order valence-corrected chi connectivity index (χ4v) is 4.72. The van der Waals surface area contributed by atoms with E-state index in [1.54, 1.807) is 31.2 Å². The van der Waals surface area contributed by atoms with Gasteiger partial charge in [0.05, 0.1) is 19.2 Å². The van der Waals surface area contributed by atoms with E-state index in [9.17, 15) is 22.0 Å². The summed E-state index contributed by atoms with van der Waals surface area (Å²) in [6.45, 7) is 1.94. The summed E-state index contributed by atoms with van der Waals surface area (Å²) in [6, 6.07) is 10.6. The van der Waals surface area contributed by atoms with Crippen LogP contribution in [-0.2, 0) is 19.6 Å². The van der Waals surface area contributed by atoms with Gasteiger partial charge >= 0.3 is 5.97 Å². The van der Waals surface area contributed by atoms with Crippen molar-refractivity contribution in [3.05, 3.63) is 78.0 Å². The summed E-state index contributed by atoms with van der Waals surface area (Å²) in [5, 5.41) is 0.687. The van der Waals surface area contributed by atoms with Gasteiger partial charge in [-0.2, -0.15) is 0 Å². The standard InChI is InChI=1S/C26H22F2N4O5S/c1-3-37-24(33)9-5-16-11-17-10-15(4-7-21(17)31-25(16)29)18-12-22(26(36-2)30-14-18)32-38(34,35)23-8-6-19(27)13-20(23)28/h4-14,32H,3H2,1-2H3,(H2,29,31). The summed E-state index contributed by atoms with van der Waals surface area (Å²) in [4.78, 5) is 19.5. The smallest absolute Gasteiger partial charge is 0.330 e. The number of carbonyl (C=O) groups is 1. The Morgan fingerprint density at radius 1 is 1.11 bits per heavy atom. The Bertz CT molecular complexity index is 1680. The lowest BCUT2D eigenvalue weighted by atomic mass is 10.0. The lowest BCUT2D eigenvalue weighted by Crippen LogP contribution is -2.15. The van der Waals surface area contributed by atoms with Crippen molar-refractivity contribution in [3.8, 4) is 17.0 Å². The number of fused-ring (bicyclic) bond motifs is 1. The number of sulfonamides is 1. The van der Waals surface area contributed by atoms with E-state index >= 15 is 0 Å². The molecule has 9 nitrogen and oxygen atoms in total. The summed E-state index contributed by atoms with van der Waals surface area (Å²) < 4.78 is 65.4. The molecule has 2 aromatic carbocycles. The van der Waals surface area contributed by atoms with Crippen LogP contribution in [0.1, 0.15) is 12.5 Å². The van der Waals surface area contributed by atoms with Crippen LogP contribution in [0.2, 0.25) is 0 Å². The molecular formula is C26H22F2N4O5S. The van der Waals surface area contributed by atoms with Crippen molar-refractivity contribution >= 4 is 44.5 Å². The number of ether oxygens (including phenoxy) is 2. The molecule has 196 valence electrons. The van der Waals surface area contributed by atoms with Gasteiger partial charge in [0.25, 0.3) is 10.0 Å². The molecule has 0 saturated carbocycles. The van der Waals surface area contributed by atoms with Crippen LogP contribution in [0.5, 0.6) is 5.88 Å². The molecule has 12 heteroatoms. The molecule has 0 aliphatic carbocycles. The number of hydrogen-bond donors (Lipinski definition) is 2. The molecule has 2 heterocycles. The summed E-state index contributed by atoms with van der Waals surface area (Å²) in [5.74, 6) is -2.49. The van der Waals surface area contributed by atoms with Gasteiger partial charge in [-0.25, -0.2) is 32.0 Å². The molecule has 38 heavy (non-hydrogen) atoms. The minimum Gasteiger partial charge on any atom is -0.480 e. The number of rotatable bonds is 8. The van der Waals surface area contributed by atoms with Crippen LogP contribution < -0.4 is 15.2 Å². The molecular weight excluding hydrogens is 518 g/mol. The summed E-state index contributed by atoms with van der Waals surface area (Å²) >= 11 is 0. The Labute approximate surface area is 217 Å². The van der Waals surface area contributed by atoms with Gasteiger partial charge in [-0.3, -0.25) is 4.72 Å². The number of hydrogen-bond acceptors (Lipinski definition) is 8. The van der Waals surface area contributed by atoms with Gasteiger partial charge in [-0.15, -0.1) is 0 Å². The number of nitrogens with one attached hydrogen (secondary N) is 1. The zero-order chi connectivity index (χ0) is 27.4. The molecule has 0 amide bonds. The maximum atomic E-state index is 14.2.